The van der Waals surface area contributed by atoms with Crippen molar-refractivity contribution in [2.75, 3.05) is 20.2 Å². The van der Waals surface area contributed by atoms with Gasteiger partial charge in [-0.15, -0.1) is 0 Å². The second-order valence-corrected chi connectivity index (χ2v) is 3.53. The number of hydrogen-bond acceptors (Lipinski definition) is 5. The van der Waals surface area contributed by atoms with Gasteiger partial charge in [0.1, 0.15) is 6.10 Å². The van der Waals surface area contributed by atoms with Gasteiger partial charge in [0, 0.05) is 6.54 Å². The van der Waals surface area contributed by atoms with E-state index < -0.39 is 0 Å². The first-order chi connectivity index (χ1) is 7.76. The highest BCUT2D eigenvalue weighted by atomic mass is 16.5. The normalized spacial score (nSPS) is 12.2. The van der Waals surface area contributed by atoms with Crippen LogP contribution in [0.2, 0.25) is 0 Å². The summed E-state index contributed by atoms with van der Waals surface area (Å²) in [7, 11) is 1.88. The summed E-state index contributed by atoms with van der Waals surface area (Å²) in [5.41, 5.74) is 0. The quantitative estimate of drug-likeness (QED) is 0.757. The molecule has 0 fully saturated rings. The molecule has 1 heterocycles. The van der Waals surface area contributed by atoms with E-state index in [1.807, 2.05) is 20.9 Å². The molecular weight excluding hydrogens is 206 g/mol. The van der Waals surface area contributed by atoms with Crippen molar-refractivity contribution in [1.29, 1.82) is 0 Å². The van der Waals surface area contributed by atoms with E-state index in [0.29, 0.717) is 18.4 Å². The van der Waals surface area contributed by atoms with Gasteiger partial charge in [0.05, 0.1) is 19.0 Å². The third-order valence-electron chi connectivity index (χ3n) is 1.86. The maximum absolute atomic E-state index is 5.56. The Morgan fingerprint density at radius 3 is 2.81 bits per heavy atom. The van der Waals surface area contributed by atoms with Crippen molar-refractivity contribution >= 4 is 0 Å². The van der Waals surface area contributed by atoms with E-state index in [4.69, 9.17) is 9.47 Å². The molecule has 1 aromatic heterocycles. The predicted octanol–water partition coefficient (Wildman–Crippen LogP) is 1.25. The Morgan fingerprint density at radius 1 is 1.38 bits per heavy atom. The molecule has 0 aliphatic rings. The van der Waals surface area contributed by atoms with Gasteiger partial charge in [0.2, 0.25) is 11.8 Å². The van der Waals surface area contributed by atoms with Crippen molar-refractivity contribution in [3.63, 3.8) is 0 Å². The van der Waals surface area contributed by atoms with E-state index in [1.165, 1.54) is 0 Å². The average molecular weight is 225 g/mol. The lowest BCUT2D eigenvalue weighted by molar-refractivity contribution is 0.206. The molecule has 1 unspecified atom stereocenters. The van der Waals surface area contributed by atoms with Gasteiger partial charge < -0.3 is 14.8 Å². The Balaban J connectivity index is 2.52. The van der Waals surface area contributed by atoms with Crippen LogP contribution in [0.1, 0.15) is 20.3 Å². The molecule has 0 spiro atoms. The van der Waals surface area contributed by atoms with Crippen LogP contribution >= 0.6 is 0 Å². The summed E-state index contributed by atoms with van der Waals surface area (Å²) in [6.45, 7) is 5.42. The predicted molar refractivity (Wildman–Crippen MR) is 61.8 cm³/mol. The van der Waals surface area contributed by atoms with Gasteiger partial charge in [-0.2, -0.15) is 4.98 Å². The zero-order chi connectivity index (χ0) is 11.8. The highest BCUT2D eigenvalue weighted by Gasteiger charge is 2.05. The number of rotatable bonds is 7. The van der Waals surface area contributed by atoms with Crippen LogP contribution in [0.5, 0.6) is 11.8 Å². The smallest absolute Gasteiger partial charge is 0.235 e. The van der Waals surface area contributed by atoms with E-state index in [2.05, 4.69) is 15.3 Å². The molecule has 0 saturated heterocycles. The molecule has 0 aliphatic carbocycles. The maximum atomic E-state index is 5.56. The van der Waals surface area contributed by atoms with Crippen LogP contribution < -0.4 is 14.8 Å². The first kappa shape index (κ1) is 12.7. The van der Waals surface area contributed by atoms with E-state index >= 15 is 0 Å². The van der Waals surface area contributed by atoms with Crippen molar-refractivity contribution in [2.45, 2.75) is 26.4 Å². The number of nitrogens with one attached hydrogen (secondary N) is 1. The van der Waals surface area contributed by atoms with Crippen LogP contribution in [0.15, 0.2) is 12.4 Å². The third-order valence-corrected chi connectivity index (χ3v) is 1.86. The fourth-order valence-electron chi connectivity index (χ4n) is 1.20. The topological polar surface area (TPSA) is 56.3 Å². The zero-order valence-corrected chi connectivity index (χ0v) is 10.1. The maximum Gasteiger partial charge on any atom is 0.235 e. The summed E-state index contributed by atoms with van der Waals surface area (Å²) in [6.07, 6.45) is 4.18. The lowest BCUT2D eigenvalue weighted by Crippen LogP contribution is -2.26. The summed E-state index contributed by atoms with van der Waals surface area (Å²) < 4.78 is 10.9. The highest BCUT2D eigenvalue weighted by Crippen LogP contribution is 2.12. The molecule has 90 valence electrons. The first-order valence-corrected chi connectivity index (χ1v) is 5.52. The molecule has 1 N–H and O–H groups in total. The molecule has 0 aliphatic heterocycles. The first-order valence-electron chi connectivity index (χ1n) is 5.52. The Labute approximate surface area is 96.2 Å². The van der Waals surface area contributed by atoms with Gasteiger partial charge in [-0.3, -0.25) is 4.98 Å². The SMILES string of the molecule is CCCOc1cncc(OC(C)CNC)n1. The monoisotopic (exact) mass is 225 g/mol. The molecular formula is C11H19N3O2. The molecule has 1 atom stereocenters. The molecule has 5 nitrogen and oxygen atoms in total. The van der Waals surface area contributed by atoms with Crippen molar-refractivity contribution < 1.29 is 9.47 Å². The second kappa shape index (κ2) is 7.00. The van der Waals surface area contributed by atoms with Crippen molar-refractivity contribution in [1.82, 2.24) is 15.3 Å². The summed E-state index contributed by atoms with van der Waals surface area (Å²) in [6, 6.07) is 0. The second-order valence-electron chi connectivity index (χ2n) is 3.53. The Morgan fingerprint density at radius 2 is 2.12 bits per heavy atom. The lowest BCUT2D eigenvalue weighted by Gasteiger charge is -2.13. The van der Waals surface area contributed by atoms with Crippen LogP contribution in [-0.4, -0.2) is 36.3 Å². The van der Waals surface area contributed by atoms with Crippen LogP contribution in [0, 0.1) is 0 Å². The molecule has 1 rings (SSSR count). The van der Waals surface area contributed by atoms with Crippen molar-refractivity contribution in [3.8, 4) is 11.8 Å². The largest absolute Gasteiger partial charge is 0.477 e. The molecule has 0 bridgehead atoms. The van der Waals surface area contributed by atoms with Crippen LogP contribution in [-0.2, 0) is 0 Å². The third kappa shape index (κ3) is 4.44. The van der Waals surface area contributed by atoms with Gasteiger partial charge >= 0.3 is 0 Å². The van der Waals surface area contributed by atoms with E-state index in [9.17, 15) is 0 Å². The van der Waals surface area contributed by atoms with Crippen LogP contribution in [0.4, 0.5) is 0 Å². The van der Waals surface area contributed by atoms with Crippen LogP contribution in [0.25, 0.3) is 0 Å². The Hall–Kier alpha value is -1.36. The molecule has 5 heteroatoms. The van der Waals surface area contributed by atoms with E-state index in [-0.39, 0.29) is 6.10 Å². The standard InChI is InChI=1S/C11H19N3O2/c1-4-5-15-10-7-13-8-11(14-10)16-9(2)6-12-3/h7-9,12H,4-6H2,1-3H3. The fraction of sp³-hybridized carbons (Fsp3) is 0.636. The fourth-order valence-corrected chi connectivity index (χ4v) is 1.20. The number of likely N-dealkylation sites (N-methyl/N-ethyl adjacent to an activating group) is 1. The van der Waals surface area contributed by atoms with Crippen LogP contribution in [0.3, 0.4) is 0 Å². The van der Waals surface area contributed by atoms with E-state index in [1.54, 1.807) is 12.4 Å². The Bertz CT molecular complexity index is 307. The molecule has 0 amide bonds. The molecule has 16 heavy (non-hydrogen) atoms. The summed E-state index contributed by atoms with van der Waals surface area (Å²) in [4.78, 5) is 8.22. The van der Waals surface area contributed by atoms with Gasteiger partial charge in [0.25, 0.3) is 0 Å². The van der Waals surface area contributed by atoms with E-state index in [0.717, 1.165) is 13.0 Å². The molecule has 0 aromatic carbocycles. The summed E-state index contributed by atoms with van der Waals surface area (Å²) in [5.74, 6) is 1.01. The number of ether oxygens (including phenoxy) is 2. The van der Waals surface area contributed by atoms with Gasteiger partial charge in [-0.1, -0.05) is 6.92 Å². The average Bonchev–Trinajstić information content (AvgIpc) is 2.27. The van der Waals surface area contributed by atoms with Gasteiger partial charge in [-0.25, -0.2) is 0 Å². The van der Waals surface area contributed by atoms with Gasteiger partial charge in [-0.05, 0) is 20.4 Å². The molecule has 1 aromatic rings. The minimum Gasteiger partial charge on any atom is -0.477 e. The number of aromatic nitrogens is 2. The molecule has 0 radical (unpaired) electrons. The summed E-state index contributed by atoms with van der Waals surface area (Å²) >= 11 is 0. The summed E-state index contributed by atoms with van der Waals surface area (Å²) in [5, 5.41) is 3.03. The lowest BCUT2D eigenvalue weighted by atomic mass is 10.4. The van der Waals surface area contributed by atoms with Crippen molar-refractivity contribution in [3.05, 3.63) is 12.4 Å². The number of hydrogen-bond donors (Lipinski definition) is 1. The Kier molecular flexibility index (Phi) is 5.56. The molecule has 0 saturated carbocycles. The minimum absolute atomic E-state index is 0.0562. The van der Waals surface area contributed by atoms with Crippen molar-refractivity contribution in [2.24, 2.45) is 0 Å². The highest BCUT2D eigenvalue weighted by molar-refractivity contribution is 5.12. The zero-order valence-electron chi connectivity index (χ0n) is 10.1. The minimum atomic E-state index is 0.0562. The van der Waals surface area contributed by atoms with Gasteiger partial charge in [0.15, 0.2) is 0 Å². The number of nitrogens with zero attached hydrogens (tertiary/aromatic N) is 2.